The average Bonchev–Trinajstić information content (AvgIpc) is 3.25. The first-order chi connectivity index (χ1) is 14.6. The van der Waals surface area contributed by atoms with Crippen LogP contribution >= 0.6 is 0 Å². The van der Waals surface area contributed by atoms with Crippen molar-refractivity contribution in [3.8, 4) is 11.5 Å². The number of benzene rings is 3. The third-order valence-electron chi connectivity index (χ3n) is 5.11. The van der Waals surface area contributed by atoms with Crippen LogP contribution in [0.1, 0.15) is 16.8 Å². The molecule has 30 heavy (non-hydrogen) atoms. The highest BCUT2D eigenvalue weighted by molar-refractivity contribution is 6.04. The van der Waals surface area contributed by atoms with Gasteiger partial charge in [0.1, 0.15) is 17.3 Å². The summed E-state index contributed by atoms with van der Waals surface area (Å²) in [5.74, 6) is 0.450. The van der Waals surface area contributed by atoms with Gasteiger partial charge in [0.15, 0.2) is 0 Å². The summed E-state index contributed by atoms with van der Waals surface area (Å²) in [7, 11) is 1.74. The van der Waals surface area contributed by atoms with E-state index in [9.17, 15) is 9.18 Å². The highest BCUT2D eigenvalue weighted by atomic mass is 19.1. The van der Waals surface area contributed by atoms with E-state index in [1.165, 1.54) is 12.1 Å². The van der Waals surface area contributed by atoms with E-state index in [1.54, 1.807) is 43.5 Å². The van der Waals surface area contributed by atoms with Crippen molar-refractivity contribution in [3.05, 3.63) is 84.2 Å². The van der Waals surface area contributed by atoms with Crippen LogP contribution in [-0.4, -0.2) is 32.2 Å². The van der Waals surface area contributed by atoms with Crippen molar-refractivity contribution in [1.82, 2.24) is 0 Å². The van der Waals surface area contributed by atoms with Crippen molar-refractivity contribution < 1.29 is 18.7 Å². The molecule has 0 radical (unpaired) electrons. The molecule has 1 unspecified atom stereocenters. The first-order valence-corrected chi connectivity index (χ1v) is 9.83. The van der Waals surface area contributed by atoms with E-state index in [1.807, 2.05) is 24.3 Å². The number of rotatable bonds is 6. The predicted octanol–water partition coefficient (Wildman–Crippen LogP) is 5.10. The van der Waals surface area contributed by atoms with Gasteiger partial charge in [-0.05, 0) is 73.2 Å². The van der Waals surface area contributed by atoms with Crippen LogP contribution in [0, 0.1) is 5.82 Å². The maximum absolute atomic E-state index is 13.0. The van der Waals surface area contributed by atoms with E-state index in [0.29, 0.717) is 17.1 Å². The Morgan fingerprint density at radius 1 is 1.03 bits per heavy atom. The Kier molecular flexibility index (Phi) is 5.95. The van der Waals surface area contributed by atoms with Gasteiger partial charge in [0.25, 0.3) is 5.91 Å². The van der Waals surface area contributed by atoms with Gasteiger partial charge >= 0.3 is 0 Å². The minimum absolute atomic E-state index is 0.229. The minimum Gasteiger partial charge on any atom is -0.457 e. The molecule has 0 bridgehead atoms. The minimum atomic E-state index is -0.329. The molecule has 0 aliphatic carbocycles. The largest absolute Gasteiger partial charge is 0.457 e. The SMILES string of the molecule is COC1CCN(c2ccc(NC(=O)c3cccc(Oc4ccc(F)cc4)c3)cc2)C1. The molecule has 3 aromatic carbocycles. The molecule has 1 fully saturated rings. The third kappa shape index (κ3) is 4.78. The molecule has 0 spiro atoms. The summed E-state index contributed by atoms with van der Waals surface area (Å²) in [6, 6.07) is 20.4. The van der Waals surface area contributed by atoms with Gasteiger partial charge in [-0.2, -0.15) is 0 Å². The second kappa shape index (κ2) is 8.97. The lowest BCUT2D eigenvalue weighted by molar-refractivity contribution is 0.102. The topological polar surface area (TPSA) is 50.8 Å². The molecule has 154 valence electrons. The summed E-state index contributed by atoms with van der Waals surface area (Å²) in [6.07, 6.45) is 1.29. The van der Waals surface area contributed by atoms with Gasteiger partial charge in [0.2, 0.25) is 0 Å². The Morgan fingerprint density at radius 2 is 1.80 bits per heavy atom. The van der Waals surface area contributed by atoms with Crippen LogP contribution < -0.4 is 15.0 Å². The van der Waals surface area contributed by atoms with Crippen molar-refractivity contribution in [2.45, 2.75) is 12.5 Å². The maximum Gasteiger partial charge on any atom is 0.255 e. The normalized spacial score (nSPS) is 15.8. The molecule has 1 atom stereocenters. The lowest BCUT2D eigenvalue weighted by Gasteiger charge is -2.18. The maximum atomic E-state index is 13.0. The fraction of sp³-hybridized carbons (Fsp3) is 0.208. The molecule has 5 nitrogen and oxygen atoms in total. The summed E-state index contributed by atoms with van der Waals surface area (Å²) in [4.78, 5) is 14.9. The smallest absolute Gasteiger partial charge is 0.255 e. The zero-order valence-corrected chi connectivity index (χ0v) is 16.7. The highest BCUT2D eigenvalue weighted by Gasteiger charge is 2.22. The molecular weight excluding hydrogens is 383 g/mol. The van der Waals surface area contributed by atoms with Crippen molar-refractivity contribution in [2.24, 2.45) is 0 Å². The Balaban J connectivity index is 1.39. The van der Waals surface area contributed by atoms with Gasteiger partial charge in [-0.15, -0.1) is 0 Å². The molecule has 1 aliphatic rings. The molecule has 3 aromatic rings. The first kappa shape index (κ1) is 19.9. The third-order valence-corrected chi connectivity index (χ3v) is 5.11. The second-order valence-corrected chi connectivity index (χ2v) is 7.18. The summed E-state index contributed by atoms with van der Waals surface area (Å²) in [5, 5.41) is 2.91. The van der Waals surface area contributed by atoms with Crippen molar-refractivity contribution in [1.29, 1.82) is 0 Å². The van der Waals surface area contributed by atoms with Gasteiger partial charge in [-0.1, -0.05) is 6.07 Å². The van der Waals surface area contributed by atoms with Crippen molar-refractivity contribution in [3.63, 3.8) is 0 Å². The fourth-order valence-electron chi connectivity index (χ4n) is 3.45. The van der Waals surface area contributed by atoms with E-state index in [4.69, 9.17) is 9.47 Å². The van der Waals surface area contributed by atoms with Crippen LogP contribution in [0.25, 0.3) is 0 Å². The number of carbonyl (C=O) groups is 1. The molecule has 0 aromatic heterocycles. The number of anilines is 2. The number of hydrogen-bond donors (Lipinski definition) is 1. The fourth-order valence-corrected chi connectivity index (χ4v) is 3.45. The van der Waals surface area contributed by atoms with Gasteiger partial charge in [-0.3, -0.25) is 4.79 Å². The Labute approximate surface area is 175 Å². The van der Waals surface area contributed by atoms with Gasteiger partial charge < -0.3 is 19.7 Å². The van der Waals surface area contributed by atoms with E-state index in [0.717, 1.165) is 30.9 Å². The van der Waals surface area contributed by atoms with Crippen molar-refractivity contribution >= 4 is 17.3 Å². The van der Waals surface area contributed by atoms with E-state index < -0.39 is 0 Å². The second-order valence-electron chi connectivity index (χ2n) is 7.18. The zero-order valence-electron chi connectivity index (χ0n) is 16.7. The number of nitrogens with one attached hydrogen (secondary N) is 1. The van der Waals surface area contributed by atoms with Crippen LogP contribution in [0.15, 0.2) is 72.8 Å². The molecule has 1 amide bonds. The summed E-state index contributed by atoms with van der Waals surface area (Å²) >= 11 is 0. The highest BCUT2D eigenvalue weighted by Crippen LogP contribution is 2.25. The van der Waals surface area contributed by atoms with Crippen LogP contribution in [0.2, 0.25) is 0 Å². The lowest BCUT2D eigenvalue weighted by Crippen LogP contribution is -2.22. The molecular formula is C24H23FN2O3. The molecule has 1 N–H and O–H groups in total. The quantitative estimate of drug-likeness (QED) is 0.619. The number of ether oxygens (including phenoxy) is 2. The summed E-state index contributed by atoms with van der Waals surface area (Å²) < 4.78 is 24.1. The lowest BCUT2D eigenvalue weighted by atomic mass is 10.2. The van der Waals surface area contributed by atoms with Gasteiger partial charge in [0, 0.05) is 37.1 Å². The Hall–Kier alpha value is -3.38. The van der Waals surface area contributed by atoms with E-state index in [2.05, 4.69) is 10.2 Å². The van der Waals surface area contributed by atoms with Crippen LogP contribution in [0.4, 0.5) is 15.8 Å². The number of hydrogen-bond acceptors (Lipinski definition) is 4. The van der Waals surface area contributed by atoms with Gasteiger partial charge in [0.05, 0.1) is 6.10 Å². The molecule has 1 saturated heterocycles. The number of halogens is 1. The van der Waals surface area contributed by atoms with Crippen LogP contribution in [-0.2, 0) is 4.74 Å². The van der Waals surface area contributed by atoms with Crippen molar-refractivity contribution in [2.75, 3.05) is 30.4 Å². The number of amides is 1. The Morgan fingerprint density at radius 3 is 2.50 bits per heavy atom. The first-order valence-electron chi connectivity index (χ1n) is 9.83. The van der Waals surface area contributed by atoms with Gasteiger partial charge in [-0.25, -0.2) is 4.39 Å². The number of methoxy groups -OCH3 is 1. The van der Waals surface area contributed by atoms with E-state index in [-0.39, 0.29) is 17.8 Å². The molecule has 1 aliphatic heterocycles. The van der Waals surface area contributed by atoms with E-state index >= 15 is 0 Å². The molecule has 4 rings (SSSR count). The monoisotopic (exact) mass is 406 g/mol. The molecule has 1 heterocycles. The summed E-state index contributed by atoms with van der Waals surface area (Å²) in [5.41, 5.74) is 2.31. The predicted molar refractivity (Wildman–Crippen MR) is 115 cm³/mol. The Bertz CT molecular complexity index is 1010. The average molecular weight is 406 g/mol. The van der Waals surface area contributed by atoms with Crippen LogP contribution in [0.3, 0.4) is 0 Å². The zero-order chi connectivity index (χ0) is 20.9. The number of carbonyl (C=O) groups excluding carboxylic acids is 1. The van der Waals surface area contributed by atoms with Crippen LogP contribution in [0.5, 0.6) is 11.5 Å². The standard InChI is InChI=1S/C24H23FN2O3/c1-29-23-13-14-27(16-23)20-9-7-19(8-10-20)26-24(28)17-3-2-4-22(15-17)30-21-11-5-18(25)6-12-21/h2-12,15,23H,13-14,16H2,1H3,(H,26,28). The molecule has 0 saturated carbocycles. The summed E-state index contributed by atoms with van der Waals surface area (Å²) in [6.45, 7) is 1.84. The number of nitrogens with zero attached hydrogens (tertiary/aromatic N) is 1. The molecule has 6 heteroatoms.